The Balaban J connectivity index is 3.36. The normalized spacial score (nSPS) is 9.69. The fourth-order valence-electron chi connectivity index (χ4n) is 1.58. The van der Waals surface area contributed by atoms with Crippen LogP contribution in [0, 0.1) is 6.92 Å². The third-order valence-electron chi connectivity index (χ3n) is 2.25. The molecule has 0 aliphatic heterocycles. The molecule has 0 aromatic heterocycles. The molecule has 1 aromatic rings. The minimum absolute atomic E-state index is 0.789. The van der Waals surface area contributed by atoms with E-state index in [0.717, 1.165) is 29.4 Å². The van der Waals surface area contributed by atoms with E-state index >= 15 is 0 Å². The molecule has 13 heavy (non-hydrogen) atoms. The van der Waals surface area contributed by atoms with Gasteiger partial charge in [-0.2, -0.15) is 0 Å². The average molecular weight is 174 g/mol. The molecule has 0 fully saturated rings. The molecule has 0 spiro atoms. The van der Waals surface area contributed by atoms with Gasteiger partial charge >= 0.3 is 0 Å². The molecule has 1 rings (SSSR count). The number of carbonyl (C=O) groups excluding carboxylic acids is 1. The summed E-state index contributed by atoms with van der Waals surface area (Å²) in [7, 11) is 0. The molecule has 0 atom stereocenters. The van der Waals surface area contributed by atoms with Crippen LogP contribution < -0.4 is 0 Å². The van der Waals surface area contributed by atoms with Gasteiger partial charge in [-0.1, -0.05) is 25.6 Å². The Morgan fingerprint density at radius 1 is 1.46 bits per heavy atom. The van der Waals surface area contributed by atoms with Crippen molar-refractivity contribution in [2.75, 3.05) is 0 Å². The molecule has 68 valence electrons. The molecular weight excluding hydrogens is 160 g/mol. The Hall–Kier alpha value is -1.37. The van der Waals surface area contributed by atoms with Crippen LogP contribution >= 0.6 is 0 Å². The highest BCUT2D eigenvalue weighted by molar-refractivity contribution is 5.79. The number of benzene rings is 1. The van der Waals surface area contributed by atoms with Gasteiger partial charge in [-0.15, -0.1) is 0 Å². The van der Waals surface area contributed by atoms with E-state index in [0.29, 0.717) is 0 Å². The Bertz CT molecular complexity index is 337. The van der Waals surface area contributed by atoms with Gasteiger partial charge in [0.05, 0.1) is 0 Å². The van der Waals surface area contributed by atoms with Crippen LogP contribution in [0.3, 0.4) is 0 Å². The first kappa shape index (κ1) is 9.72. The zero-order chi connectivity index (χ0) is 9.84. The lowest BCUT2D eigenvalue weighted by molar-refractivity contribution is 0.112. The van der Waals surface area contributed by atoms with Crippen LogP contribution in [0.25, 0.3) is 6.08 Å². The van der Waals surface area contributed by atoms with Crippen molar-refractivity contribution in [3.05, 3.63) is 41.0 Å². The number of rotatable bonds is 3. The van der Waals surface area contributed by atoms with Crippen molar-refractivity contribution < 1.29 is 4.79 Å². The number of carbonyl (C=O) groups is 1. The van der Waals surface area contributed by atoms with Crippen LogP contribution in [0.15, 0.2) is 18.7 Å². The second-order valence-corrected chi connectivity index (χ2v) is 3.08. The zero-order valence-corrected chi connectivity index (χ0v) is 8.13. The molecule has 0 saturated carbocycles. The highest BCUT2D eigenvalue weighted by Crippen LogP contribution is 2.17. The standard InChI is InChI=1S/C12H14O/c1-4-10-6-9(3)12(5-2)11(7-10)8-13/h4,6-8H,1,5H2,2-3H3. The molecule has 0 bridgehead atoms. The maximum absolute atomic E-state index is 10.8. The van der Waals surface area contributed by atoms with Crippen LogP contribution in [0.1, 0.15) is 34.0 Å². The molecule has 0 amide bonds. The van der Waals surface area contributed by atoms with Crippen LogP contribution in [0.2, 0.25) is 0 Å². The molecule has 0 heterocycles. The van der Waals surface area contributed by atoms with E-state index in [9.17, 15) is 4.79 Å². The van der Waals surface area contributed by atoms with Crippen LogP contribution in [-0.4, -0.2) is 6.29 Å². The molecule has 0 unspecified atom stereocenters. The summed E-state index contributed by atoms with van der Waals surface area (Å²) in [6.07, 6.45) is 3.58. The van der Waals surface area contributed by atoms with Crippen molar-refractivity contribution in [1.29, 1.82) is 0 Å². The minimum Gasteiger partial charge on any atom is -0.298 e. The van der Waals surface area contributed by atoms with Gasteiger partial charge in [0, 0.05) is 5.56 Å². The molecular formula is C12H14O. The summed E-state index contributed by atoms with van der Waals surface area (Å²) in [5, 5.41) is 0. The third-order valence-corrected chi connectivity index (χ3v) is 2.25. The van der Waals surface area contributed by atoms with Crippen LogP contribution in [0.4, 0.5) is 0 Å². The number of hydrogen-bond donors (Lipinski definition) is 0. The predicted octanol–water partition coefficient (Wildman–Crippen LogP) is 3.01. The van der Waals surface area contributed by atoms with E-state index < -0.39 is 0 Å². The summed E-state index contributed by atoms with van der Waals surface area (Å²) in [5.41, 5.74) is 4.11. The van der Waals surface area contributed by atoms with E-state index in [4.69, 9.17) is 0 Å². The summed E-state index contributed by atoms with van der Waals surface area (Å²) in [6.45, 7) is 7.77. The fourth-order valence-corrected chi connectivity index (χ4v) is 1.58. The molecule has 0 radical (unpaired) electrons. The minimum atomic E-state index is 0.789. The lowest BCUT2D eigenvalue weighted by Gasteiger charge is -2.07. The van der Waals surface area contributed by atoms with E-state index in [1.54, 1.807) is 6.08 Å². The fraction of sp³-hybridized carbons (Fsp3) is 0.250. The Morgan fingerprint density at radius 3 is 2.62 bits per heavy atom. The molecule has 1 nitrogen and oxygen atoms in total. The van der Waals surface area contributed by atoms with Crippen molar-refractivity contribution in [3.63, 3.8) is 0 Å². The molecule has 1 heteroatoms. The van der Waals surface area contributed by atoms with Gasteiger partial charge in [0.25, 0.3) is 0 Å². The van der Waals surface area contributed by atoms with Gasteiger partial charge in [0.1, 0.15) is 6.29 Å². The van der Waals surface area contributed by atoms with E-state index in [1.807, 2.05) is 13.0 Å². The van der Waals surface area contributed by atoms with Crippen LogP contribution in [-0.2, 0) is 6.42 Å². The summed E-state index contributed by atoms with van der Waals surface area (Å²) >= 11 is 0. The van der Waals surface area contributed by atoms with Crippen molar-refractivity contribution in [2.45, 2.75) is 20.3 Å². The maximum atomic E-state index is 10.8. The summed E-state index contributed by atoms with van der Waals surface area (Å²) in [6, 6.07) is 3.94. The van der Waals surface area contributed by atoms with Gasteiger partial charge in [-0.05, 0) is 36.1 Å². The smallest absolute Gasteiger partial charge is 0.150 e. The maximum Gasteiger partial charge on any atom is 0.150 e. The van der Waals surface area contributed by atoms with Crippen LogP contribution in [0.5, 0.6) is 0 Å². The summed E-state index contributed by atoms with van der Waals surface area (Å²) in [5.74, 6) is 0. The zero-order valence-electron chi connectivity index (χ0n) is 8.13. The Morgan fingerprint density at radius 2 is 2.15 bits per heavy atom. The quantitative estimate of drug-likeness (QED) is 0.644. The monoisotopic (exact) mass is 174 g/mol. The van der Waals surface area contributed by atoms with E-state index in [2.05, 4.69) is 19.6 Å². The molecule has 0 N–H and O–H groups in total. The number of hydrogen-bond acceptors (Lipinski definition) is 1. The van der Waals surface area contributed by atoms with Gasteiger partial charge in [-0.25, -0.2) is 0 Å². The largest absolute Gasteiger partial charge is 0.298 e. The van der Waals surface area contributed by atoms with Gasteiger partial charge in [-0.3, -0.25) is 4.79 Å². The molecule has 0 saturated heterocycles. The van der Waals surface area contributed by atoms with E-state index in [-0.39, 0.29) is 0 Å². The average Bonchev–Trinajstić information content (AvgIpc) is 2.16. The summed E-state index contributed by atoms with van der Waals surface area (Å²) in [4.78, 5) is 10.8. The van der Waals surface area contributed by atoms with Crippen molar-refractivity contribution in [1.82, 2.24) is 0 Å². The van der Waals surface area contributed by atoms with Crippen molar-refractivity contribution >= 4 is 12.4 Å². The number of aryl methyl sites for hydroxylation is 1. The molecule has 1 aromatic carbocycles. The lowest BCUT2D eigenvalue weighted by atomic mass is 9.97. The first-order valence-electron chi connectivity index (χ1n) is 4.44. The SMILES string of the molecule is C=Cc1cc(C)c(CC)c(C=O)c1. The lowest BCUT2D eigenvalue weighted by Crippen LogP contribution is -1.95. The third kappa shape index (κ3) is 1.86. The Kier molecular flexibility index (Phi) is 3.02. The highest BCUT2D eigenvalue weighted by Gasteiger charge is 2.03. The summed E-state index contributed by atoms with van der Waals surface area (Å²) < 4.78 is 0. The molecule has 0 aliphatic carbocycles. The van der Waals surface area contributed by atoms with Gasteiger partial charge < -0.3 is 0 Å². The molecule has 0 aliphatic rings. The predicted molar refractivity (Wildman–Crippen MR) is 56.0 cm³/mol. The van der Waals surface area contributed by atoms with Crippen molar-refractivity contribution in [3.8, 4) is 0 Å². The number of aldehydes is 1. The van der Waals surface area contributed by atoms with Crippen molar-refractivity contribution in [2.24, 2.45) is 0 Å². The highest BCUT2D eigenvalue weighted by atomic mass is 16.1. The second kappa shape index (κ2) is 4.04. The first-order valence-corrected chi connectivity index (χ1v) is 4.44. The van der Waals surface area contributed by atoms with E-state index in [1.165, 1.54) is 5.56 Å². The van der Waals surface area contributed by atoms with Gasteiger partial charge in [0.2, 0.25) is 0 Å². The van der Waals surface area contributed by atoms with Gasteiger partial charge in [0.15, 0.2) is 0 Å². The first-order chi connectivity index (χ1) is 6.22. The second-order valence-electron chi connectivity index (χ2n) is 3.08. The topological polar surface area (TPSA) is 17.1 Å². The Labute approximate surface area is 79.1 Å².